The molecule has 1 aliphatic rings. The molecule has 1 aliphatic heterocycles. The number of nitrogens with zero attached hydrogens (tertiary/aromatic N) is 1. The summed E-state index contributed by atoms with van der Waals surface area (Å²) in [4.78, 5) is 25.1. The summed E-state index contributed by atoms with van der Waals surface area (Å²) in [7, 11) is 0. The van der Waals surface area contributed by atoms with Gasteiger partial charge >= 0.3 is 12.0 Å². The zero-order valence-corrected chi connectivity index (χ0v) is 12.3. The molecular weight excluding hydrogens is 268 g/mol. The van der Waals surface area contributed by atoms with Gasteiger partial charge in [0, 0.05) is 13.1 Å². The first kappa shape index (κ1) is 15.4. The van der Waals surface area contributed by atoms with Crippen molar-refractivity contribution in [2.45, 2.75) is 32.2 Å². The standard InChI is InChI=1S/C16H22N2O3/c1-12-9-10-18(11-12)16(21)17-14(15(19)20)8-7-13-5-3-2-4-6-13/h2-6,12,14H,7-11H2,1H3,(H,17,21)(H,19,20). The average molecular weight is 290 g/mol. The van der Waals surface area contributed by atoms with Gasteiger partial charge in [-0.05, 0) is 30.7 Å². The molecule has 0 saturated carbocycles. The van der Waals surface area contributed by atoms with E-state index in [2.05, 4.69) is 12.2 Å². The van der Waals surface area contributed by atoms with Gasteiger partial charge in [0.05, 0.1) is 0 Å². The molecular formula is C16H22N2O3. The Morgan fingerprint density at radius 2 is 2.10 bits per heavy atom. The number of urea groups is 1. The molecule has 2 N–H and O–H groups in total. The maximum atomic E-state index is 12.1. The van der Waals surface area contributed by atoms with Crippen LogP contribution in [-0.4, -0.2) is 41.1 Å². The van der Waals surface area contributed by atoms with Gasteiger partial charge in [0.1, 0.15) is 6.04 Å². The largest absolute Gasteiger partial charge is 0.480 e. The predicted molar refractivity (Wildman–Crippen MR) is 80.1 cm³/mol. The fourth-order valence-electron chi connectivity index (χ4n) is 2.57. The Kier molecular flexibility index (Phi) is 5.20. The van der Waals surface area contributed by atoms with E-state index in [9.17, 15) is 14.7 Å². The number of hydrogen-bond acceptors (Lipinski definition) is 2. The van der Waals surface area contributed by atoms with Crippen LogP contribution in [0.1, 0.15) is 25.3 Å². The van der Waals surface area contributed by atoms with Crippen LogP contribution in [0.25, 0.3) is 0 Å². The smallest absolute Gasteiger partial charge is 0.326 e. The molecule has 21 heavy (non-hydrogen) atoms. The summed E-state index contributed by atoms with van der Waals surface area (Å²) >= 11 is 0. The Morgan fingerprint density at radius 1 is 1.38 bits per heavy atom. The van der Waals surface area contributed by atoms with E-state index in [1.165, 1.54) is 0 Å². The van der Waals surface area contributed by atoms with E-state index in [0.717, 1.165) is 12.0 Å². The third-order valence-electron chi connectivity index (χ3n) is 3.87. The summed E-state index contributed by atoms with van der Waals surface area (Å²) < 4.78 is 0. The normalized spacial score (nSPS) is 19.3. The second-order valence-corrected chi connectivity index (χ2v) is 5.70. The Labute approximate surface area is 125 Å². The van der Waals surface area contributed by atoms with Crippen LogP contribution in [0.2, 0.25) is 0 Å². The van der Waals surface area contributed by atoms with Crippen molar-refractivity contribution in [3.05, 3.63) is 35.9 Å². The van der Waals surface area contributed by atoms with Gasteiger partial charge in [-0.1, -0.05) is 37.3 Å². The van der Waals surface area contributed by atoms with E-state index in [4.69, 9.17) is 0 Å². The lowest BCUT2D eigenvalue weighted by Crippen LogP contribution is -2.47. The molecule has 0 aromatic heterocycles. The number of nitrogens with one attached hydrogen (secondary N) is 1. The molecule has 1 heterocycles. The zero-order chi connectivity index (χ0) is 15.2. The van der Waals surface area contributed by atoms with Crippen molar-refractivity contribution in [2.75, 3.05) is 13.1 Å². The summed E-state index contributed by atoms with van der Waals surface area (Å²) in [6, 6.07) is 8.60. The summed E-state index contributed by atoms with van der Waals surface area (Å²) in [5.41, 5.74) is 1.08. The average Bonchev–Trinajstić information content (AvgIpc) is 2.90. The monoisotopic (exact) mass is 290 g/mol. The van der Waals surface area contributed by atoms with Crippen molar-refractivity contribution in [1.82, 2.24) is 10.2 Å². The quantitative estimate of drug-likeness (QED) is 0.872. The minimum atomic E-state index is -0.980. The molecule has 0 bridgehead atoms. The molecule has 5 nitrogen and oxygen atoms in total. The van der Waals surface area contributed by atoms with Crippen molar-refractivity contribution in [1.29, 1.82) is 0 Å². The van der Waals surface area contributed by atoms with Crippen LogP contribution in [0.15, 0.2) is 30.3 Å². The first-order chi connectivity index (χ1) is 10.1. The molecule has 1 fully saturated rings. The van der Waals surface area contributed by atoms with Gasteiger partial charge in [-0.25, -0.2) is 9.59 Å². The minimum Gasteiger partial charge on any atom is -0.480 e. The van der Waals surface area contributed by atoms with E-state index in [1.54, 1.807) is 4.90 Å². The first-order valence-electron chi connectivity index (χ1n) is 7.38. The number of carboxylic acids is 1. The molecule has 5 heteroatoms. The summed E-state index contributed by atoms with van der Waals surface area (Å²) in [6.45, 7) is 3.51. The minimum absolute atomic E-state index is 0.264. The highest BCUT2D eigenvalue weighted by Gasteiger charge is 2.27. The van der Waals surface area contributed by atoms with Crippen LogP contribution in [0.4, 0.5) is 4.79 Å². The van der Waals surface area contributed by atoms with Crippen molar-refractivity contribution < 1.29 is 14.7 Å². The topological polar surface area (TPSA) is 69.6 Å². The highest BCUT2D eigenvalue weighted by Crippen LogP contribution is 2.15. The Balaban J connectivity index is 1.87. The number of carbonyl (C=O) groups is 2. The van der Waals surface area contributed by atoms with Crippen LogP contribution in [-0.2, 0) is 11.2 Å². The van der Waals surface area contributed by atoms with Gasteiger partial charge in [-0.3, -0.25) is 0 Å². The number of carbonyl (C=O) groups excluding carboxylic acids is 1. The number of likely N-dealkylation sites (tertiary alicyclic amines) is 1. The third kappa shape index (κ3) is 4.48. The maximum absolute atomic E-state index is 12.1. The molecule has 0 radical (unpaired) electrons. The molecule has 2 amide bonds. The van der Waals surface area contributed by atoms with E-state index in [0.29, 0.717) is 31.8 Å². The lowest BCUT2D eigenvalue weighted by Gasteiger charge is -2.21. The van der Waals surface area contributed by atoms with E-state index in [1.807, 2.05) is 30.3 Å². The molecule has 114 valence electrons. The van der Waals surface area contributed by atoms with Crippen molar-refractivity contribution in [3.8, 4) is 0 Å². The van der Waals surface area contributed by atoms with Gasteiger partial charge in [0.25, 0.3) is 0 Å². The summed E-state index contributed by atoms with van der Waals surface area (Å²) in [5.74, 6) is -0.491. The number of benzene rings is 1. The van der Waals surface area contributed by atoms with Gasteiger partial charge in [0.2, 0.25) is 0 Å². The number of rotatable bonds is 5. The zero-order valence-electron chi connectivity index (χ0n) is 12.3. The van der Waals surface area contributed by atoms with Crippen molar-refractivity contribution in [3.63, 3.8) is 0 Å². The van der Waals surface area contributed by atoms with Gasteiger partial charge in [-0.2, -0.15) is 0 Å². The Morgan fingerprint density at radius 3 is 2.67 bits per heavy atom. The Hall–Kier alpha value is -2.04. The first-order valence-corrected chi connectivity index (χ1v) is 7.38. The molecule has 2 unspecified atom stereocenters. The number of amides is 2. The maximum Gasteiger partial charge on any atom is 0.326 e. The van der Waals surface area contributed by atoms with Gasteiger partial charge in [0.15, 0.2) is 0 Å². The molecule has 1 aromatic rings. The summed E-state index contributed by atoms with van der Waals surface area (Å²) in [5, 5.41) is 11.9. The molecule has 0 aliphatic carbocycles. The van der Waals surface area contributed by atoms with Crippen LogP contribution < -0.4 is 5.32 Å². The number of aliphatic carboxylic acids is 1. The van der Waals surface area contributed by atoms with E-state index in [-0.39, 0.29) is 6.03 Å². The molecule has 0 spiro atoms. The number of carboxylic acid groups (broad SMARTS) is 1. The number of aryl methyl sites for hydroxylation is 1. The van der Waals surface area contributed by atoms with E-state index >= 15 is 0 Å². The van der Waals surface area contributed by atoms with Crippen molar-refractivity contribution >= 4 is 12.0 Å². The molecule has 2 atom stereocenters. The van der Waals surface area contributed by atoms with Gasteiger partial charge in [-0.15, -0.1) is 0 Å². The predicted octanol–water partition coefficient (Wildman–Crippen LogP) is 2.12. The van der Waals surface area contributed by atoms with E-state index < -0.39 is 12.0 Å². The highest BCUT2D eigenvalue weighted by atomic mass is 16.4. The van der Waals surface area contributed by atoms with Crippen LogP contribution in [0.3, 0.4) is 0 Å². The Bertz CT molecular complexity index is 490. The lowest BCUT2D eigenvalue weighted by molar-refractivity contribution is -0.139. The molecule has 1 saturated heterocycles. The summed E-state index contributed by atoms with van der Waals surface area (Å²) in [6.07, 6.45) is 2.01. The lowest BCUT2D eigenvalue weighted by atomic mass is 10.1. The van der Waals surface area contributed by atoms with Crippen LogP contribution in [0, 0.1) is 5.92 Å². The molecule has 2 rings (SSSR count). The second-order valence-electron chi connectivity index (χ2n) is 5.70. The number of hydrogen-bond donors (Lipinski definition) is 2. The van der Waals surface area contributed by atoms with Crippen molar-refractivity contribution in [2.24, 2.45) is 5.92 Å². The van der Waals surface area contributed by atoms with Crippen LogP contribution in [0.5, 0.6) is 0 Å². The van der Waals surface area contributed by atoms with Crippen LogP contribution >= 0.6 is 0 Å². The fourth-order valence-corrected chi connectivity index (χ4v) is 2.57. The fraction of sp³-hybridized carbons (Fsp3) is 0.500. The molecule has 1 aromatic carbocycles. The van der Waals surface area contributed by atoms with Gasteiger partial charge < -0.3 is 15.3 Å². The SMILES string of the molecule is CC1CCN(C(=O)NC(CCc2ccccc2)C(=O)O)C1. The highest BCUT2D eigenvalue weighted by molar-refractivity contribution is 5.82. The second kappa shape index (κ2) is 7.11. The third-order valence-corrected chi connectivity index (χ3v) is 3.87.